The van der Waals surface area contributed by atoms with Crippen molar-refractivity contribution in [1.29, 1.82) is 0 Å². The van der Waals surface area contributed by atoms with E-state index in [0.29, 0.717) is 6.54 Å². The fourth-order valence-corrected chi connectivity index (χ4v) is 3.97. The molecule has 2 atom stereocenters. The smallest absolute Gasteiger partial charge is 0.307 e. The Morgan fingerprint density at radius 2 is 1.92 bits per heavy atom. The number of nitrogens with zero attached hydrogens (tertiary/aromatic N) is 2. The molecule has 4 heteroatoms. The zero-order valence-electron chi connectivity index (χ0n) is 14.6. The fourth-order valence-electron chi connectivity index (χ4n) is 3.97. The molecule has 1 aliphatic rings. The highest BCUT2D eigenvalue weighted by Gasteiger charge is 2.31. The molecule has 1 aliphatic heterocycles. The minimum atomic E-state index is -0.696. The van der Waals surface area contributed by atoms with E-state index in [9.17, 15) is 9.90 Å². The van der Waals surface area contributed by atoms with E-state index in [0.717, 1.165) is 24.9 Å². The topological polar surface area (TPSA) is 53.4 Å². The lowest BCUT2D eigenvalue weighted by Gasteiger charge is -2.37. The minimum absolute atomic E-state index is 0.0236. The Bertz CT molecular complexity index is 910. The molecular formula is C22H22N2O2. The van der Waals surface area contributed by atoms with Crippen molar-refractivity contribution in [1.82, 2.24) is 9.88 Å². The van der Waals surface area contributed by atoms with Crippen LogP contribution in [0.1, 0.15) is 30.0 Å². The second-order valence-electron chi connectivity index (χ2n) is 6.97. The van der Waals surface area contributed by atoms with Gasteiger partial charge in [-0.3, -0.25) is 14.7 Å². The highest BCUT2D eigenvalue weighted by Crippen LogP contribution is 2.33. The molecule has 0 bridgehead atoms. The molecule has 0 radical (unpaired) electrons. The average molecular weight is 346 g/mol. The van der Waals surface area contributed by atoms with Gasteiger partial charge in [0.1, 0.15) is 0 Å². The Morgan fingerprint density at radius 1 is 1.08 bits per heavy atom. The SMILES string of the molecule is O=C(O)C1CCCN(C(c2cccnc2)c2ccc3ccccc3c2)C1. The van der Waals surface area contributed by atoms with Crippen LogP contribution in [0.3, 0.4) is 0 Å². The standard InChI is InChI=1S/C22H22N2O2/c25-22(26)20-8-4-12-24(15-20)21(19-7-3-11-23-14-19)18-10-9-16-5-1-2-6-17(16)13-18/h1-3,5-7,9-11,13-14,20-21H,4,8,12,15H2,(H,25,26). The number of hydrogen-bond donors (Lipinski definition) is 1. The summed E-state index contributed by atoms with van der Waals surface area (Å²) in [5.41, 5.74) is 2.29. The summed E-state index contributed by atoms with van der Waals surface area (Å²) in [6.07, 6.45) is 5.33. The molecule has 2 heterocycles. The number of carboxylic acids is 1. The third-order valence-electron chi connectivity index (χ3n) is 5.26. The zero-order valence-corrected chi connectivity index (χ0v) is 14.6. The molecule has 4 nitrogen and oxygen atoms in total. The molecular weight excluding hydrogens is 324 g/mol. The highest BCUT2D eigenvalue weighted by atomic mass is 16.4. The van der Waals surface area contributed by atoms with E-state index in [2.05, 4.69) is 46.3 Å². The first-order chi connectivity index (χ1) is 12.7. The van der Waals surface area contributed by atoms with Crippen LogP contribution in [0.2, 0.25) is 0 Å². The Balaban J connectivity index is 1.76. The quantitative estimate of drug-likeness (QED) is 0.772. The third-order valence-corrected chi connectivity index (χ3v) is 5.26. The van der Waals surface area contributed by atoms with Crippen molar-refractivity contribution in [2.24, 2.45) is 5.92 Å². The first-order valence-corrected chi connectivity index (χ1v) is 9.08. The number of likely N-dealkylation sites (tertiary alicyclic amines) is 1. The van der Waals surface area contributed by atoms with Crippen LogP contribution >= 0.6 is 0 Å². The molecule has 0 amide bonds. The minimum Gasteiger partial charge on any atom is -0.481 e. The Hall–Kier alpha value is -2.72. The lowest BCUT2D eigenvalue weighted by atomic mass is 9.91. The first-order valence-electron chi connectivity index (χ1n) is 9.08. The molecule has 1 saturated heterocycles. The summed E-state index contributed by atoms with van der Waals surface area (Å²) in [6.45, 7) is 1.47. The normalized spacial score (nSPS) is 19.3. The van der Waals surface area contributed by atoms with Crippen LogP contribution in [-0.2, 0) is 4.79 Å². The summed E-state index contributed by atoms with van der Waals surface area (Å²) in [4.78, 5) is 18.1. The van der Waals surface area contributed by atoms with Crippen LogP contribution in [0, 0.1) is 5.92 Å². The molecule has 1 N–H and O–H groups in total. The molecule has 3 aromatic rings. The van der Waals surface area contributed by atoms with Crippen LogP contribution in [0.15, 0.2) is 67.0 Å². The van der Waals surface area contributed by atoms with Gasteiger partial charge in [-0.1, -0.05) is 42.5 Å². The van der Waals surface area contributed by atoms with Gasteiger partial charge in [-0.05, 0) is 53.4 Å². The van der Waals surface area contributed by atoms with Crippen molar-refractivity contribution in [3.8, 4) is 0 Å². The van der Waals surface area contributed by atoms with Crippen molar-refractivity contribution in [2.75, 3.05) is 13.1 Å². The van der Waals surface area contributed by atoms with Crippen LogP contribution < -0.4 is 0 Å². The van der Waals surface area contributed by atoms with Gasteiger partial charge >= 0.3 is 5.97 Å². The molecule has 132 valence electrons. The van der Waals surface area contributed by atoms with Gasteiger partial charge in [0.15, 0.2) is 0 Å². The lowest BCUT2D eigenvalue weighted by Crippen LogP contribution is -2.41. The maximum atomic E-state index is 11.5. The molecule has 0 aliphatic carbocycles. The molecule has 2 aromatic carbocycles. The Kier molecular flexibility index (Phi) is 4.67. The van der Waals surface area contributed by atoms with Gasteiger partial charge in [0.25, 0.3) is 0 Å². The second kappa shape index (κ2) is 7.26. The highest BCUT2D eigenvalue weighted by molar-refractivity contribution is 5.83. The van der Waals surface area contributed by atoms with Gasteiger partial charge in [0.05, 0.1) is 12.0 Å². The van der Waals surface area contributed by atoms with E-state index >= 15 is 0 Å². The lowest BCUT2D eigenvalue weighted by molar-refractivity contribution is -0.143. The summed E-state index contributed by atoms with van der Waals surface area (Å²) < 4.78 is 0. The number of pyridine rings is 1. The number of hydrogen-bond acceptors (Lipinski definition) is 3. The van der Waals surface area contributed by atoms with Gasteiger partial charge in [0, 0.05) is 18.9 Å². The molecule has 0 spiro atoms. The van der Waals surface area contributed by atoms with Crippen molar-refractivity contribution < 1.29 is 9.90 Å². The van der Waals surface area contributed by atoms with E-state index in [-0.39, 0.29) is 12.0 Å². The number of aromatic nitrogens is 1. The van der Waals surface area contributed by atoms with E-state index in [1.807, 2.05) is 24.4 Å². The molecule has 2 unspecified atom stereocenters. The van der Waals surface area contributed by atoms with E-state index in [1.54, 1.807) is 6.20 Å². The van der Waals surface area contributed by atoms with Crippen LogP contribution in [0.25, 0.3) is 10.8 Å². The van der Waals surface area contributed by atoms with Crippen LogP contribution in [0.5, 0.6) is 0 Å². The largest absolute Gasteiger partial charge is 0.481 e. The molecule has 0 saturated carbocycles. The summed E-state index contributed by atoms with van der Waals surface area (Å²) >= 11 is 0. The van der Waals surface area contributed by atoms with Crippen molar-refractivity contribution in [3.05, 3.63) is 78.1 Å². The van der Waals surface area contributed by atoms with Crippen molar-refractivity contribution in [3.63, 3.8) is 0 Å². The van der Waals surface area contributed by atoms with Gasteiger partial charge in [-0.25, -0.2) is 0 Å². The average Bonchev–Trinajstić information content (AvgIpc) is 2.69. The number of aliphatic carboxylic acids is 1. The Morgan fingerprint density at radius 3 is 2.69 bits per heavy atom. The molecule has 1 fully saturated rings. The number of fused-ring (bicyclic) bond motifs is 1. The van der Waals surface area contributed by atoms with Gasteiger partial charge < -0.3 is 5.11 Å². The predicted octanol–water partition coefficient (Wildman–Crippen LogP) is 4.12. The van der Waals surface area contributed by atoms with Gasteiger partial charge in [-0.15, -0.1) is 0 Å². The number of carboxylic acid groups (broad SMARTS) is 1. The van der Waals surface area contributed by atoms with E-state index in [4.69, 9.17) is 0 Å². The van der Waals surface area contributed by atoms with E-state index < -0.39 is 5.97 Å². The van der Waals surface area contributed by atoms with E-state index in [1.165, 1.54) is 16.3 Å². The predicted molar refractivity (Wildman–Crippen MR) is 102 cm³/mol. The fraction of sp³-hybridized carbons (Fsp3) is 0.273. The molecule has 1 aromatic heterocycles. The number of piperidine rings is 1. The maximum Gasteiger partial charge on any atom is 0.307 e. The summed E-state index contributed by atoms with van der Waals surface area (Å²) in [5, 5.41) is 11.9. The number of carbonyl (C=O) groups is 1. The Labute approximate surface area is 153 Å². The second-order valence-corrected chi connectivity index (χ2v) is 6.97. The molecule has 26 heavy (non-hydrogen) atoms. The monoisotopic (exact) mass is 346 g/mol. The summed E-state index contributed by atoms with van der Waals surface area (Å²) in [5.74, 6) is -0.999. The summed E-state index contributed by atoms with van der Waals surface area (Å²) in [7, 11) is 0. The van der Waals surface area contributed by atoms with Gasteiger partial charge in [0.2, 0.25) is 0 Å². The summed E-state index contributed by atoms with van der Waals surface area (Å²) in [6, 6.07) is 18.9. The maximum absolute atomic E-state index is 11.5. The number of benzene rings is 2. The number of rotatable bonds is 4. The molecule has 4 rings (SSSR count). The van der Waals surface area contributed by atoms with Crippen LogP contribution in [-0.4, -0.2) is 34.0 Å². The van der Waals surface area contributed by atoms with Crippen molar-refractivity contribution in [2.45, 2.75) is 18.9 Å². The van der Waals surface area contributed by atoms with Crippen LogP contribution in [0.4, 0.5) is 0 Å². The zero-order chi connectivity index (χ0) is 17.9. The first kappa shape index (κ1) is 16.7. The van der Waals surface area contributed by atoms with Crippen molar-refractivity contribution >= 4 is 16.7 Å². The van der Waals surface area contributed by atoms with Gasteiger partial charge in [-0.2, -0.15) is 0 Å². The third kappa shape index (κ3) is 3.33.